The van der Waals surface area contributed by atoms with E-state index in [1.165, 1.54) is 44.9 Å². The van der Waals surface area contributed by atoms with Crippen LogP contribution in [0.3, 0.4) is 0 Å². The zero-order chi connectivity index (χ0) is 32.5. The van der Waals surface area contributed by atoms with Crippen molar-refractivity contribution in [3.63, 3.8) is 0 Å². The Morgan fingerprint density at radius 3 is 1.68 bits per heavy atom. The van der Waals surface area contributed by atoms with Crippen LogP contribution in [0.25, 0.3) is 0 Å². The van der Waals surface area contributed by atoms with Crippen LogP contribution in [-0.2, 0) is 19.1 Å². The van der Waals surface area contributed by atoms with Crippen molar-refractivity contribution in [2.45, 2.75) is 161 Å². The second-order valence-corrected chi connectivity index (χ2v) is 12.1. The number of unbranched alkanes of at least 4 members (excludes halogenated alkanes) is 9. The maximum absolute atomic E-state index is 11.9. The molecule has 0 rings (SSSR count). The summed E-state index contributed by atoms with van der Waals surface area (Å²) in [7, 11) is 0. The standard InChI is InChI=1S/C38H66O6/c1-4-6-28-35(39)29-24-20-16-11-9-7-8-10-12-17-21-25-30-37(41)43-32-36(40)33-44-38(42)31-26-22-18-14-13-15-19-23-27-34(3)5-2/h7-8,11-12,16-17,24,29,34-36,39-40H,4-6,9-10,13-15,18-23,25-28,30-33H2,1-3H3/b8-7-,16-11-,17-12-,29-24-/t34?,35-,36+/m0/s1. The smallest absolute Gasteiger partial charge is 0.305 e. The molecule has 6 heteroatoms. The number of carbonyl (C=O) groups excluding carboxylic acids is 2. The van der Waals surface area contributed by atoms with E-state index in [4.69, 9.17) is 9.47 Å². The zero-order valence-corrected chi connectivity index (χ0v) is 28.4. The van der Waals surface area contributed by atoms with Gasteiger partial charge < -0.3 is 19.7 Å². The number of aliphatic hydroxyl groups is 2. The van der Waals surface area contributed by atoms with E-state index >= 15 is 0 Å². The van der Waals surface area contributed by atoms with Crippen molar-refractivity contribution in [2.75, 3.05) is 13.2 Å². The number of hydrogen-bond acceptors (Lipinski definition) is 6. The average molecular weight is 619 g/mol. The molecule has 0 heterocycles. The number of rotatable bonds is 30. The van der Waals surface area contributed by atoms with Gasteiger partial charge in [0.1, 0.15) is 19.3 Å². The Kier molecular flexibility index (Phi) is 30.6. The maximum Gasteiger partial charge on any atom is 0.305 e. The van der Waals surface area contributed by atoms with E-state index in [1.54, 1.807) is 0 Å². The third-order valence-corrected chi connectivity index (χ3v) is 7.68. The van der Waals surface area contributed by atoms with Crippen LogP contribution in [0.15, 0.2) is 48.6 Å². The van der Waals surface area contributed by atoms with Crippen LogP contribution < -0.4 is 0 Å². The minimum atomic E-state index is -0.996. The first kappa shape index (κ1) is 41.8. The van der Waals surface area contributed by atoms with Gasteiger partial charge in [-0.3, -0.25) is 9.59 Å². The highest BCUT2D eigenvalue weighted by atomic mass is 16.6. The van der Waals surface area contributed by atoms with E-state index in [9.17, 15) is 19.8 Å². The van der Waals surface area contributed by atoms with Gasteiger partial charge in [0.05, 0.1) is 6.10 Å². The topological polar surface area (TPSA) is 93.1 Å². The molecule has 0 radical (unpaired) electrons. The first-order valence-corrected chi connectivity index (χ1v) is 17.7. The van der Waals surface area contributed by atoms with Crippen LogP contribution in [0.2, 0.25) is 0 Å². The summed E-state index contributed by atoms with van der Waals surface area (Å²) in [5.41, 5.74) is 0. The van der Waals surface area contributed by atoms with E-state index < -0.39 is 6.10 Å². The third-order valence-electron chi connectivity index (χ3n) is 7.68. The Hall–Kier alpha value is -2.18. The summed E-state index contributed by atoms with van der Waals surface area (Å²) in [6, 6.07) is 0. The summed E-state index contributed by atoms with van der Waals surface area (Å²) in [6.45, 7) is 6.41. The highest BCUT2D eigenvalue weighted by Crippen LogP contribution is 2.15. The molecule has 2 N–H and O–H groups in total. The lowest BCUT2D eigenvalue weighted by molar-refractivity contribution is -0.152. The minimum absolute atomic E-state index is 0.144. The summed E-state index contributed by atoms with van der Waals surface area (Å²) in [4.78, 5) is 23.8. The van der Waals surface area contributed by atoms with Crippen LogP contribution >= 0.6 is 0 Å². The normalized spacial score (nSPS) is 14.2. The molecule has 6 nitrogen and oxygen atoms in total. The summed E-state index contributed by atoms with van der Waals surface area (Å²) in [6.07, 6.45) is 35.0. The Bertz CT molecular complexity index is 784. The predicted molar refractivity (Wildman–Crippen MR) is 183 cm³/mol. The number of carbonyl (C=O) groups is 2. The molecule has 0 aliphatic rings. The zero-order valence-electron chi connectivity index (χ0n) is 28.4. The summed E-state index contributed by atoms with van der Waals surface area (Å²) in [5.74, 6) is 0.195. The number of hydrogen-bond donors (Lipinski definition) is 2. The summed E-state index contributed by atoms with van der Waals surface area (Å²) >= 11 is 0. The van der Waals surface area contributed by atoms with Crippen molar-refractivity contribution in [2.24, 2.45) is 5.92 Å². The van der Waals surface area contributed by atoms with Crippen molar-refractivity contribution >= 4 is 11.9 Å². The number of esters is 2. The van der Waals surface area contributed by atoms with Crippen LogP contribution in [0.4, 0.5) is 0 Å². The molecule has 1 unspecified atom stereocenters. The Morgan fingerprint density at radius 1 is 0.614 bits per heavy atom. The Labute approximate surface area is 270 Å². The van der Waals surface area contributed by atoms with E-state index in [1.807, 2.05) is 12.2 Å². The molecular formula is C38H66O6. The fourth-order valence-electron chi connectivity index (χ4n) is 4.54. The second kappa shape index (κ2) is 32.2. The van der Waals surface area contributed by atoms with Gasteiger partial charge in [-0.25, -0.2) is 0 Å². The lowest BCUT2D eigenvalue weighted by Crippen LogP contribution is -2.25. The predicted octanol–water partition coefficient (Wildman–Crippen LogP) is 9.50. The van der Waals surface area contributed by atoms with Crippen LogP contribution in [-0.4, -0.2) is 47.6 Å². The largest absolute Gasteiger partial charge is 0.463 e. The molecule has 0 saturated heterocycles. The first-order valence-electron chi connectivity index (χ1n) is 17.7. The molecule has 3 atom stereocenters. The lowest BCUT2D eigenvalue weighted by atomic mass is 9.99. The highest BCUT2D eigenvalue weighted by molar-refractivity contribution is 5.69. The van der Waals surface area contributed by atoms with Crippen molar-refractivity contribution in [3.05, 3.63) is 48.6 Å². The summed E-state index contributed by atoms with van der Waals surface area (Å²) < 4.78 is 10.2. The van der Waals surface area contributed by atoms with Gasteiger partial charge in [0.15, 0.2) is 0 Å². The molecule has 0 spiro atoms. The SMILES string of the molecule is CCCC[C@H](O)/C=C\C/C=C\C/C=C\C/C=C\CCCC(=O)OC[C@@H](O)COC(=O)CCCCCCCCCCC(C)CC. The molecule has 44 heavy (non-hydrogen) atoms. The van der Waals surface area contributed by atoms with Gasteiger partial charge in [0, 0.05) is 12.8 Å². The average Bonchev–Trinajstić information content (AvgIpc) is 3.02. The number of allylic oxidation sites excluding steroid dienone is 7. The fraction of sp³-hybridized carbons (Fsp3) is 0.737. The molecular weight excluding hydrogens is 552 g/mol. The van der Waals surface area contributed by atoms with Gasteiger partial charge in [0.2, 0.25) is 0 Å². The number of aliphatic hydroxyl groups excluding tert-OH is 2. The third kappa shape index (κ3) is 31.3. The summed E-state index contributed by atoms with van der Waals surface area (Å²) in [5, 5.41) is 19.7. The van der Waals surface area contributed by atoms with Crippen LogP contribution in [0.1, 0.15) is 149 Å². The molecule has 0 fully saturated rings. The molecule has 0 saturated carbocycles. The first-order chi connectivity index (χ1) is 21.4. The Balaban J connectivity index is 3.62. The molecule has 0 aliphatic carbocycles. The van der Waals surface area contributed by atoms with Crippen LogP contribution in [0, 0.1) is 5.92 Å². The second-order valence-electron chi connectivity index (χ2n) is 12.1. The van der Waals surface area contributed by atoms with Gasteiger partial charge in [0.25, 0.3) is 0 Å². The van der Waals surface area contributed by atoms with E-state index in [0.717, 1.165) is 70.1 Å². The molecule has 0 aliphatic heterocycles. The molecule has 0 aromatic rings. The van der Waals surface area contributed by atoms with E-state index in [-0.39, 0.29) is 31.3 Å². The fourth-order valence-corrected chi connectivity index (χ4v) is 4.54. The molecule has 0 aromatic heterocycles. The van der Waals surface area contributed by atoms with Crippen molar-refractivity contribution in [1.82, 2.24) is 0 Å². The molecule has 0 aromatic carbocycles. The van der Waals surface area contributed by atoms with Crippen molar-refractivity contribution in [1.29, 1.82) is 0 Å². The highest BCUT2D eigenvalue weighted by Gasteiger charge is 2.12. The maximum atomic E-state index is 11.9. The van der Waals surface area contributed by atoms with Crippen molar-refractivity contribution in [3.8, 4) is 0 Å². The van der Waals surface area contributed by atoms with Gasteiger partial charge >= 0.3 is 11.9 Å². The van der Waals surface area contributed by atoms with E-state index in [0.29, 0.717) is 19.3 Å². The monoisotopic (exact) mass is 618 g/mol. The van der Waals surface area contributed by atoms with Gasteiger partial charge in [-0.15, -0.1) is 0 Å². The van der Waals surface area contributed by atoms with Gasteiger partial charge in [-0.05, 0) is 50.9 Å². The molecule has 0 bridgehead atoms. The quantitative estimate of drug-likeness (QED) is 0.0473. The molecule has 254 valence electrons. The lowest BCUT2D eigenvalue weighted by Gasteiger charge is -2.12. The van der Waals surface area contributed by atoms with Gasteiger partial charge in [-0.1, -0.05) is 140 Å². The minimum Gasteiger partial charge on any atom is -0.463 e. The van der Waals surface area contributed by atoms with E-state index in [2.05, 4.69) is 57.2 Å². The Morgan fingerprint density at radius 2 is 1.11 bits per heavy atom. The van der Waals surface area contributed by atoms with Crippen molar-refractivity contribution < 1.29 is 29.3 Å². The molecule has 0 amide bonds. The van der Waals surface area contributed by atoms with Crippen LogP contribution in [0.5, 0.6) is 0 Å². The van der Waals surface area contributed by atoms with Gasteiger partial charge in [-0.2, -0.15) is 0 Å². The number of ether oxygens (including phenoxy) is 2.